The Hall–Kier alpha value is -2.95. The molecular weight excluding hydrogens is 304 g/mol. The summed E-state index contributed by atoms with van der Waals surface area (Å²) in [4.78, 5) is 20.8. The highest BCUT2D eigenvalue weighted by Gasteiger charge is 2.08. The average Bonchev–Trinajstić information content (AvgIpc) is 2.60. The maximum Gasteiger partial charge on any atom is 0.338 e. The van der Waals surface area contributed by atoms with Gasteiger partial charge in [-0.25, -0.2) is 14.8 Å². The van der Waals surface area contributed by atoms with Crippen LogP contribution < -0.4 is 4.74 Å². The molecule has 0 aliphatic rings. The van der Waals surface area contributed by atoms with Gasteiger partial charge in [0.1, 0.15) is 12.4 Å². The van der Waals surface area contributed by atoms with Gasteiger partial charge in [-0.15, -0.1) is 0 Å². The summed E-state index contributed by atoms with van der Waals surface area (Å²) in [6.07, 6.45) is 0. The predicted molar refractivity (Wildman–Crippen MR) is 91.0 cm³/mol. The molecule has 0 fully saturated rings. The van der Waals surface area contributed by atoms with Crippen molar-refractivity contribution in [2.45, 2.75) is 20.5 Å². The summed E-state index contributed by atoms with van der Waals surface area (Å²) >= 11 is 0. The van der Waals surface area contributed by atoms with Crippen molar-refractivity contribution in [2.24, 2.45) is 0 Å². The van der Waals surface area contributed by atoms with Crippen molar-refractivity contribution in [3.8, 4) is 5.75 Å². The first-order valence-electron chi connectivity index (χ1n) is 7.79. The fourth-order valence-electron chi connectivity index (χ4n) is 2.31. The van der Waals surface area contributed by atoms with E-state index in [1.807, 2.05) is 31.2 Å². The van der Waals surface area contributed by atoms with Crippen LogP contribution in [0.5, 0.6) is 5.75 Å². The molecule has 0 spiro atoms. The molecule has 0 saturated heterocycles. The molecule has 24 heavy (non-hydrogen) atoms. The smallest absolute Gasteiger partial charge is 0.338 e. The molecule has 122 valence electrons. The van der Waals surface area contributed by atoms with Gasteiger partial charge in [-0.1, -0.05) is 12.1 Å². The van der Waals surface area contributed by atoms with Gasteiger partial charge in [-0.05, 0) is 50.2 Å². The fourth-order valence-corrected chi connectivity index (χ4v) is 2.31. The lowest BCUT2D eigenvalue weighted by atomic mass is 10.2. The zero-order valence-electron chi connectivity index (χ0n) is 13.7. The minimum Gasteiger partial charge on any atom is -0.487 e. The highest BCUT2D eigenvalue weighted by atomic mass is 16.5. The van der Waals surface area contributed by atoms with Gasteiger partial charge in [0.05, 0.1) is 34.6 Å². The molecule has 0 saturated carbocycles. The second-order valence-electron chi connectivity index (χ2n) is 5.28. The van der Waals surface area contributed by atoms with Crippen molar-refractivity contribution in [1.82, 2.24) is 9.97 Å². The zero-order chi connectivity index (χ0) is 16.9. The highest BCUT2D eigenvalue weighted by Crippen LogP contribution is 2.17. The molecule has 0 aliphatic heterocycles. The Labute approximate surface area is 140 Å². The van der Waals surface area contributed by atoms with Gasteiger partial charge in [-0.2, -0.15) is 0 Å². The first-order valence-corrected chi connectivity index (χ1v) is 7.79. The Balaban J connectivity index is 1.71. The standard InChI is InChI=1S/C19H18N2O3/c1-3-23-19(22)14-8-10-15(11-9-14)24-12-18-13(2)20-16-6-4-5-7-17(16)21-18/h4-11H,3,12H2,1-2H3. The van der Waals surface area contributed by atoms with Gasteiger partial charge in [0, 0.05) is 0 Å². The number of hydrogen-bond donors (Lipinski definition) is 0. The molecule has 0 aliphatic carbocycles. The summed E-state index contributed by atoms with van der Waals surface area (Å²) in [7, 11) is 0. The van der Waals surface area contributed by atoms with Crippen LogP contribution in [0.25, 0.3) is 11.0 Å². The molecule has 0 bridgehead atoms. The van der Waals surface area contributed by atoms with E-state index in [9.17, 15) is 4.79 Å². The predicted octanol–water partition coefficient (Wildman–Crippen LogP) is 3.69. The number of benzene rings is 2. The number of carbonyl (C=O) groups is 1. The topological polar surface area (TPSA) is 61.3 Å². The summed E-state index contributed by atoms with van der Waals surface area (Å²) in [6.45, 7) is 4.38. The lowest BCUT2D eigenvalue weighted by Crippen LogP contribution is -2.05. The Bertz CT molecular complexity index is 860. The molecule has 0 unspecified atom stereocenters. The monoisotopic (exact) mass is 322 g/mol. The number of hydrogen-bond acceptors (Lipinski definition) is 5. The van der Waals surface area contributed by atoms with E-state index >= 15 is 0 Å². The minimum absolute atomic E-state index is 0.322. The minimum atomic E-state index is -0.333. The number of aryl methyl sites for hydroxylation is 1. The van der Waals surface area contributed by atoms with Crippen molar-refractivity contribution < 1.29 is 14.3 Å². The van der Waals surface area contributed by atoms with E-state index in [2.05, 4.69) is 9.97 Å². The average molecular weight is 322 g/mol. The summed E-state index contributed by atoms with van der Waals surface area (Å²) in [5.41, 5.74) is 3.86. The van der Waals surface area contributed by atoms with E-state index in [0.717, 1.165) is 22.4 Å². The number of ether oxygens (including phenoxy) is 2. The van der Waals surface area contributed by atoms with Crippen molar-refractivity contribution in [3.05, 3.63) is 65.5 Å². The van der Waals surface area contributed by atoms with Gasteiger partial charge in [0.15, 0.2) is 0 Å². The first-order chi connectivity index (χ1) is 11.7. The number of nitrogens with zero attached hydrogens (tertiary/aromatic N) is 2. The second-order valence-corrected chi connectivity index (χ2v) is 5.28. The van der Waals surface area contributed by atoms with Crippen LogP contribution in [-0.2, 0) is 11.3 Å². The Morgan fingerprint density at radius 3 is 2.33 bits per heavy atom. The Morgan fingerprint density at radius 2 is 1.67 bits per heavy atom. The molecule has 5 heteroatoms. The lowest BCUT2D eigenvalue weighted by molar-refractivity contribution is 0.0526. The fraction of sp³-hybridized carbons (Fsp3) is 0.211. The third kappa shape index (κ3) is 3.51. The molecule has 5 nitrogen and oxygen atoms in total. The van der Waals surface area contributed by atoms with Crippen LogP contribution in [0.2, 0.25) is 0 Å². The maximum atomic E-state index is 11.6. The van der Waals surface area contributed by atoms with Crippen molar-refractivity contribution in [2.75, 3.05) is 6.61 Å². The maximum absolute atomic E-state index is 11.6. The molecule has 1 heterocycles. The van der Waals surface area contributed by atoms with E-state index in [0.29, 0.717) is 24.5 Å². The van der Waals surface area contributed by atoms with Crippen molar-refractivity contribution in [1.29, 1.82) is 0 Å². The van der Waals surface area contributed by atoms with Crippen LogP contribution in [0.4, 0.5) is 0 Å². The molecule has 1 aromatic heterocycles. The molecule has 2 aromatic carbocycles. The van der Waals surface area contributed by atoms with Crippen LogP contribution in [0.15, 0.2) is 48.5 Å². The van der Waals surface area contributed by atoms with E-state index in [4.69, 9.17) is 9.47 Å². The molecule has 0 radical (unpaired) electrons. The van der Waals surface area contributed by atoms with Gasteiger partial charge in [0.2, 0.25) is 0 Å². The third-order valence-corrected chi connectivity index (χ3v) is 3.58. The van der Waals surface area contributed by atoms with E-state index in [-0.39, 0.29) is 5.97 Å². The van der Waals surface area contributed by atoms with Crippen LogP contribution in [0, 0.1) is 6.92 Å². The van der Waals surface area contributed by atoms with Gasteiger partial charge in [0.25, 0.3) is 0 Å². The van der Waals surface area contributed by atoms with Gasteiger partial charge in [-0.3, -0.25) is 0 Å². The van der Waals surface area contributed by atoms with Crippen LogP contribution in [0.3, 0.4) is 0 Å². The van der Waals surface area contributed by atoms with Crippen LogP contribution >= 0.6 is 0 Å². The molecule has 3 rings (SSSR count). The second kappa shape index (κ2) is 7.08. The summed E-state index contributed by atoms with van der Waals surface area (Å²) in [5, 5.41) is 0. The number of rotatable bonds is 5. The van der Waals surface area contributed by atoms with E-state index < -0.39 is 0 Å². The lowest BCUT2D eigenvalue weighted by Gasteiger charge is -2.09. The van der Waals surface area contributed by atoms with Gasteiger partial charge < -0.3 is 9.47 Å². The van der Waals surface area contributed by atoms with E-state index in [1.54, 1.807) is 31.2 Å². The molecule has 3 aromatic rings. The summed E-state index contributed by atoms with van der Waals surface area (Å²) < 4.78 is 10.7. The number of para-hydroxylation sites is 2. The number of aromatic nitrogens is 2. The Morgan fingerprint density at radius 1 is 1.00 bits per heavy atom. The highest BCUT2D eigenvalue weighted by molar-refractivity contribution is 5.89. The van der Waals surface area contributed by atoms with Crippen LogP contribution in [-0.4, -0.2) is 22.5 Å². The normalized spacial score (nSPS) is 10.6. The number of fused-ring (bicyclic) bond motifs is 1. The third-order valence-electron chi connectivity index (χ3n) is 3.58. The Kier molecular flexibility index (Phi) is 4.70. The quantitative estimate of drug-likeness (QED) is 0.670. The zero-order valence-corrected chi connectivity index (χ0v) is 13.7. The van der Waals surface area contributed by atoms with Crippen molar-refractivity contribution in [3.63, 3.8) is 0 Å². The molecule has 0 atom stereocenters. The summed E-state index contributed by atoms with van der Waals surface area (Å²) in [6, 6.07) is 14.6. The first kappa shape index (κ1) is 15.9. The SMILES string of the molecule is CCOC(=O)c1ccc(OCc2nc3ccccc3nc2C)cc1. The molecule has 0 amide bonds. The van der Waals surface area contributed by atoms with Crippen LogP contribution in [0.1, 0.15) is 28.7 Å². The molecular formula is C19H18N2O3. The number of carbonyl (C=O) groups excluding carboxylic acids is 1. The van der Waals surface area contributed by atoms with Gasteiger partial charge >= 0.3 is 5.97 Å². The molecule has 0 N–H and O–H groups in total. The van der Waals surface area contributed by atoms with Crippen molar-refractivity contribution >= 4 is 17.0 Å². The summed E-state index contributed by atoms with van der Waals surface area (Å²) in [5.74, 6) is 0.331. The van der Waals surface area contributed by atoms with E-state index in [1.165, 1.54) is 0 Å². The largest absolute Gasteiger partial charge is 0.487 e. The number of esters is 1.